The molecule has 0 aliphatic heterocycles. The summed E-state index contributed by atoms with van der Waals surface area (Å²) in [5.41, 5.74) is 4.91. The quantitative estimate of drug-likeness (QED) is 0.354. The van der Waals surface area contributed by atoms with Crippen molar-refractivity contribution in [2.45, 2.75) is 26.4 Å². The molecule has 5 N–H and O–H groups in total. The van der Waals surface area contributed by atoms with Gasteiger partial charge in [-0.2, -0.15) is 15.0 Å². The van der Waals surface area contributed by atoms with Crippen LogP contribution < -0.4 is 26.4 Å². The lowest BCUT2D eigenvalue weighted by Crippen LogP contribution is -2.34. The highest BCUT2D eigenvalue weighted by Crippen LogP contribution is 2.11. The summed E-state index contributed by atoms with van der Waals surface area (Å²) in [6.45, 7) is 10.9. The highest BCUT2D eigenvalue weighted by molar-refractivity contribution is 5.67. The van der Waals surface area contributed by atoms with Crippen molar-refractivity contribution in [3.05, 3.63) is 12.7 Å². The van der Waals surface area contributed by atoms with Crippen molar-refractivity contribution in [2.24, 2.45) is 5.73 Å². The lowest BCUT2D eigenvalue weighted by molar-refractivity contribution is 0.0519. The normalized spacial score (nSPS) is 10.7. The van der Waals surface area contributed by atoms with Gasteiger partial charge in [0, 0.05) is 19.6 Å². The van der Waals surface area contributed by atoms with Crippen molar-refractivity contribution in [3.63, 3.8) is 0 Å². The summed E-state index contributed by atoms with van der Waals surface area (Å²) in [6.07, 6.45) is 1.17. The van der Waals surface area contributed by atoms with Gasteiger partial charge in [0.25, 0.3) is 0 Å². The third kappa shape index (κ3) is 9.30. The maximum absolute atomic E-state index is 11.5. The van der Waals surface area contributed by atoms with Gasteiger partial charge in [-0.15, -0.1) is 6.58 Å². The SMILES string of the molecule is C=CCNc1nc(NCCN)nc(OCCNC(=O)OC(C)(C)C)n1. The third-order valence-corrected chi connectivity index (χ3v) is 2.45. The fourth-order valence-electron chi connectivity index (χ4n) is 1.54. The molecular formula is C15H27N7O3. The lowest BCUT2D eigenvalue weighted by atomic mass is 10.2. The summed E-state index contributed by atoms with van der Waals surface area (Å²) in [6, 6.07) is 0.132. The first-order chi connectivity index (χ1) is 11.8. The summed E-state index contributed by atoms with van der Waals surface area (Å²) < 4.78 is 10.6. The van der Waals surface area contributed by atoms with Crippen LogP contribution in [0, 0.1) is 0 Å². The largest absolute Gasteiger partial charge is 0.461 e. The van der Waals surface area contributed by atoms with E-state index in [2.05, 4.69) is 37.5 Å². The Bertz CT molecular complexity index is 561. The molecule has 1 amide bonds. The maximum atomic E-state index is 11.5. The van der Waals surface area contributed by atoms with Crippen LogP contribution in [0.1, 0.15) is 20.8 Å². The summed E-state index contributed by atoms with van der Waals surface area (Å²) >= 11 is 0. The van der Waals surface area contributed by atoms with Crippen LogP contribution in [0.15, 0.2) is 12.7 Å². The number of aromatic nitrogens is 3. The molecule has 1 aromatic rings. The topological polar surface area (TPSA) is 136 Å². The van der Waals surface area contributed by atoms with E-state index in [0.29, 0.717) is 31.5 Å². The Morgan fingerprint density at radius 2 is 1.88 bits per heavy atom. The molecule has 0 saturated carbocycles. The van der Waals surface area contributed by atoms with E-state index in [-0.39, 0.29) is 19.2 Å². The first-order valence-electron chi connectivity index (χ1n) is 7.98. The van der Waals surface area contributed by atoms with Crippen molar-refractivity contribution in [2.75, 3.05) is 43.4 Å². The van der Waals surface area contributed by atoms with Gasteiger partial charge < -0.3 is 31.2 Å². The molecule has 10 nitrogen and oxygen atoms in total. The standard InChI is InChI=1S/C15H27N7O3/c1-5-7-17-11-20-12(18-8-6-16)22-13(21-11)24-10-9-19-14(23)25-15(2,3)4/h5H,1,6-10,16H2,2-4H3,(H,19,23)(H2,17,18,20,21,22). The van der Waals surface area contributed by atoms with E-state index in [1.165, 1.54) is 0 Å². The van der Waals surface area contributed by atoms with E-state index in [1.54, 1.807) is 26.8 Å². The van der Waals surface area contributed by atoms with Gasteiger partial charge in [-0.1, -0.05) is 6.08 Å². The summed E-state index contributed by atoms with van der Waals surface area (Å²) in [5, 5.41) is 8.52. The molecule has 1 rings (SSSR count). The number of ether oxygens (including phenoxy) is 2. The molecule has 10 heteroatoms. The Hall–Kier alpha value is -2.62. The lowest BCUT2D eigenvalue weighted by Gasteiger charge is -2.19. The van der Waals surface area contributed by atoms with Crippen molar-refractivity contribution in [1.29, 1.82) is 0 Å². The number of hydrogen-bond donors (Lipinski definition) is 4. The van der Waals surface area contributed by atoms with Gasteiger partial charge in [-0.3, -0.25) is 0 Å². The van der Waals surface area contributed by atoms with Gasteiger partial charge >= 0.3 is 12.1 Å². The average Bonchev–Trinajstić information content (AvgIpc) is 2.53. The molecule has 0 aliphatic carbocycles. The molecule has 25 heavy (non-hydrogen) atoms. The molecule has 0 spiro atoms. The zero-order valence-electron chi connectivity index (χ0n) is 15.0. The maximum Gasteiger partial charge on any atom is 0.407 e. The van der Waals surface area contributed by atoms with Gasteiger partial charge in [-0.05, 0) is 20.8 Å². The first kappa shape index (κ1) is 20.4. The smallest absolute Gasteiger partial charge is 0.407 e. The van der Waals surface area contributed by atoms with E-state index in [1.807, 2.05) is 0 Å². The number of rotatable bonds is 10. The first-order valence-corrected chi connectivity index (χ1v) is 7.98. The molecule has 0 bridgehead atoms. The van der Waals surface area contributed by atoms with E-state index in [9.17, 15) is 4.79 Å². The Morgan fingerprint density at radius 1 is 1.20 bits per heavy atom. The zero-order chi connectivity index (χ0) is 18.7. The summed E-state index contributed by atoms with van der Waals surface area (Å²) in [7, 11) is 0. The molecule has 0 fully saturated rings. The van der Waals surface area contributed by atoms with Crippen LogP contribution in [0.2, 0.25) is 0 Å². The molecular weight excluding hydrogens is 326 g/mol. The highest BCUT2D eigenvalue weighted by atomic mass is 16.6. The second-order valence-corrected chi connectivity index (χ2v) is 5.93. The minimum Gasteiger partial charge on any atom is -0.461 e. The number of hydrogen-bond acceptors (Lipinski definition) is 9. The molecule has 0 aliphatic rings. The number of amides is 1. The molecule has 1 heterocycles. The van der Waals surface area contributed by atoms with Gasteiger partial charge in [0.1, 0.15) is 12.2 Å². The predicted octanol–water partition coefficient (Wildman–Crippen LogP) is 0.744. The zero-order valence-corrected chi connectivity index (χ0v) is 15.0. The summed E-state index contributed by atoms with van der Waals surface area (Å²) in [4.78, 5) is 24.0. The molecule has 140 valence electrons. The van der Waals surface area contributed by atoms with Crippen molar-refractivity contribution < 1.29 is 14.3 Å². The molecule has 0 atom stereocenters. The van der Waals surface area contributed by atoms with E-state index in [0.717, 1.165) is 0 Å². The molecule has 0 aromatic carbocycles. The minimum absolute atomic E-state index is 0.132. The van der Waals surface area contributed by atoms with Crippen molar-refractivity contribution in [1.82, 2.24) is 20.3 Å². The Balaban J connectivity index is 2.55. The Morgan fingerprint density at radius 3 is 2.48 bits per heavy atom. The second kappa shape index (κ2) is 10.3. The van der Waals surface area contributed by atoms with Crippen LogP contribution in [0.3, 0.4) is 0 Å². The van der Waals surface area contributed by atoms with Crippen LogP contribution in [-0.2, 0) is 4.74 Å². The minimum atomic E-state index is -0.547. The van der Waals surface area contributed by atoms with Crippen LogP contribution in [-0.4, -0.2) is 59.4 Å². The molecule has 0 saturated heterocycles. The summed E-state index contributed by atoms with van der Waals surface area (Å²) in [5.74, 6) is 0.701. The van der Waals surface area contributed by atoms with E-state index in [4.69, 9.17) is 15.2 Å². The number of carbonyl (C=O) groups is 1. The van der Waals surface area contributed by atoms with Crippen LogP contribution >= 0.6 is 0 Å². The van der Waals surface area contributed by atoms with Gasteiger partial charge in [-0.25, -0.2) is 4.79 Å². The van der Waals surface area contributed by atoms with Crippen LogP contribution in [0.5, 0.6) is 6.01 Å². The highest BCUT2D eigenvalue weighted by Gasteiger charge is 2.15. The number of alkyl carbamates (subject to hydrolysis) is 1. The van der Waals surface area contributed by atoms with Crippen molar-refractivity contribution >= 4 is 18.0 Å². The van der Waals surface area contributed by atoms with E-state index < -0.39 is 11.7 Å². The number of anilines is 2. The number of nitrogens with zero attached hydrogens (tertiary/aromatic N) is 3. The number of nitrogens with one attached hydrogen (secondary N) is 3. The predicted molar refractivity (Wildman–Crippen MR) is 95.8 cm³/mol. The number of nitrogens with two attached hydrogens (primary N) is 1. The molecule has 0 unspecified atom stereocenters. The second-order valence-electron chi connectivity index (χ2n) is 5.93. The van der Waals surface area contributed by atoms with E-state index >= 15 is 0 Å². The monoisotopic (exact) mass is 353 g/mol. The van der Waals surface area contributed by atoms with Gasteiger partial charge in [0.15, 0.2) is 0 Å². The molecule has 0 radical (unpaired) electrons. The number of carbonyl (C=O) groups excluding carboxylic acids is 1. The fraction of sp³-hybridized carbons (Fsp3) is 0.600. The van der Waals surface area contributed by atoms with Crippen LogP contribution in [0.25, 0.3) is 0 Å². The van der Waals surface area contributed by atoms with Gasteiger partial charge in [0.05, 0.1) is 6.54 Å². The Labute approximate surface area is 147 Å². The average molecular weight is 353 g/mol. The van der Waals surface area contributed by atoms with Gasteiger partial charge in [0.2, 0.25) is 11.9 Å². The fourth-order valence-corrected chi connectivity index (χ4v) is 1.54. The Kier molecular flexibility index (Phi) is 8.40. The third-order valence-electron chi connectivity index (χ3n) is 2.45. The van der Waals surface area contributed by atoms with Crippen molar-refractivity contribution in [3.8, 4) is 6.01 Å². The van der Waals surface area contributed by atoms with Crippen LogP contribution in [0.4, 0.5) is 16.7 Å². The molecule has 1 aromatic heterocycles.